The van der Waals surface area contributed by atoms with E-state index < -0.39 is 0 Å². The zero-order chi connectivity index (χ0) is 11.4. The van der Waals surface area contributed by atoms with Gasteiger partial charge < -0.3 is 5.73 Å². The van der Waals surface area contributed by atoms with Crippen LogP contribution in [0.2, 0.25) is 5.02 Å². The van der Waals surface area contributed by atoms with Crippen molar-refractivity contribution in [3.63, 3.8) is 0 Å². The summed E-state index contributed by atoms with van der Waals surface area (Å²) in [5.74, 6) is 0.696. The van der Waals surface area contributed by atoms with Gasteiger partial charge >= 0.3 is 0 Å². The lowest BCUT2D eigenvalue weighted by molar-refractivity contribution is 0.507. The molecule has 0 radical (unpaired) electrons. The summed E-state index contributed by atoms with van der Waals surface area (Å²) >= 11 is 9.39. The third-order valence-electron chi connectivity index (χ3n) is 2.43. The molecule has 0 bridgehead atoms. The van der Waals surface area contributed by atoms with Crippen molar-refractivity contribution in [3.05, 3.63) is 33.3 Å². The highest BCUT2D eigenvalue weighted by atomic mass is 79.9. The fraction of sp³-hybridized carbons (Fsp3) is 0.500. The molecular formula is C12H17BrClN. The van der Waals surface area contributed by atoms with Crippen LogP contribution >= 0.6 is 27.5 Å². The van der Waals surface area contributed by atoms with Gasteiger partial charge in [-0.15, -0.1) is 0 Å². The topological polar surface area (TPSA) is 26.0 Å². The molecule has 0 aromatic heterocycles. The molecule has 1 nitrogen and oxygen atoms in total. The molecule has 3 heteroatoms. The second kappa shape index (κ2) is 5.88. The van der Waals surface area contributed by atoms with Gasteiger partial charge in [0.25, 0.3) is 0 Å². The van der Waals surface area contributed by atoms with Gasteiger partial charge in [0.1, 0.15) is 0 Å². The number of benzene rings is 1. The van der Waals surface area contributed by atoms with Crippen molar-refractivity contribution < 1.29 is 0 Å². The molecule has 0 aliphatic heterocycles. The summed E-state index contributed by atoms with van der Waals surface area (Å²) in [5.41, 5.74) is 7.20. The van der Waals surface area contributed by atoms with E-state index in [1.54, 1.807) is 0 Å². The number of hydrogen-bond acceptors (Lipinski definition) is 1. The van der Waals surface area contributed by atoms with Gasteiger partial charge in [-0.05, 0) is 52.4 Å². The molecule has 84 valence electrons. The first-order chi connectivity index (χ1) is 7.00. The Bertz CT molecular complexity index is 325. The first-order valence-corrected chi connectivity index (χ1v) is 6.38. The Morgan fingerprint density at radius 1 is 1.33 bits per heavy atom. The molecule has 0 saturated carbocycles. The predicted molar refractivity (Wildman–Crippen MR) is 70.2 cm³/mol. The van der Waals surface area contributed by atoms with Crippen LogP contribution in [0.15, 0.2) is 22.7 Å². The molecule has 0 spiro atoms. The Labute approximate surface area is 105 Å². The summed E-state index contributed by atoms with van der Waals surface area (Å²) in [4.78, 5) is 0. The normalized spacial score (nSPS) is 13.2. The van der Waals surface area contributed by atoms with E-state index in [9.17, 15) is 0 Å². The SMILES string of the molecule is CC(C)CCC(N)c1ccc(Br)c(Cl)c1. The maximum absolute atomic E-state index is 6.09. The molecule has 1 atom stereocenters. The smallest absolute Gasteiger partial charge is 0.0551 e. The Balaban J connectivity index is 2.65. The highest BCUT2D eigenvalue weighted by Gasteiger charge is 2.08. The van der Waals surface area contributed by atoms with Crippen LogP contribution in [0.25, 0.3) is 0 Å². The van der Waals surface area contributed by atoms with E-state index in [2.05, 4.69) is 29.8 Å². The predicted octanol–water partition coefficient (Wildman–Crippen LogP) is 4.54. The summed E-state index contributed by atoms with van der Waals surface area (Å²) in [7, 11) is 0. The minimum atomic E-state index is 0.0954. The average Bonchev–Trinajstić information content (AvgIpc) is 2.18. The lowest BCUT2D eigenvalue weighted by Crippen LogP contribution is -2.11. The van der Waals surface area contributed by atoms with Crippen LogP contribution < -0.4 is 5.73 Å². The lowest BCUT2D eigenvalue weighted by atomic mass is 9.98. The van der Waals surface area contributed by atoms with Crippen molar-refractivity contribution in [2.45, 2.75) is 32.7 Å². The molecule has 0 fully saturated rings. The molecular weight excluding hydrogens is 273 g/mol. The number of rotatable bonds is 4. The monoisotopic (exact) mass is 289 g/mol. The van der Waals surface area contributed by atoms with Crippen molar-refractivity contribution in [1.29, 1.82) is 0 Å². The Morgan fingerprint density at radius 3 is 2.53 bits per heavy atom. The average molecular weight is 291 g/mol. The van der Waals surface area contributed by atoms with E-state index in [1.165, 1.54) is 0 Å². The van der Waals surface area contributed by atoms with Gasteiger partial charge in [-0.2, -0.15) is 0 Å². The highest BCUT2D eigenvalue weighted by Crippen LogP contribution is 2.27. The summed E-state index contributed by atoms with van der Waals surface area (Å²) in [6.45, 7) is 4.42. The summed E-state index contributed by atoms with van der Waals surface area (Å²) in [6.07, 6.45) is 2.16. The van der Waals surface area contributed by atoms with Gasteiger partial charge in [0, 0.05) is 10.5 Å². The van der Waals surface area contributed by atoms with Crippen LogP contribution in [-0.2, 0) is 0 Å². The molecule has 1 aromatic rings. The van der Waals surface area contributed by atoms with E-state index >= 15 is 0 Å². The largest absolute Gasteiger partial charge is 0.324 e. The number of nitrogens with two attached hydrogens (primary N) is 1. The van der Waals surface area contributed by atoms with Crippen LogP contribution in [0, 0.1) is 5.92 Å². The van der Waals surface area contributed by atoms with Crippen LogP contribution in [0.4, 0.5) is 0 Å². The lowest BCUT2D eigenvalue weighted by Gasteiger charge is -2.14. The molecule has 1 unspecified atom stereocenters. The van der Waals surface area contributed by atoms with Gasteiger partial charge in [-0.3, -0.25) is 0 Å². The van der Waals surface area contributed by atoms with Crippen molar-refractivity contribution >= 4 is 27.5 Å². The quantitative estimate of drug-likeness (QED) is 0.865. The summed E-state index contributed by atoms with van der Waals surface area (Å²) in [6, 6.07) is 6.02. The molecule has 1 rings (SSSR count). The zero-order valence-electron chi connectivity index (χ0n) is 9.13. The maximum atomic E-state index is 6.09. The third kappa shape index (κ3) is 4.13. The van der Waals surface area contributed by atoms with Gasteiger partial charge in [0.05, 0.1) is 5.02 Å². The third-order valence-corrected chi connectivity index (χ3v) is 3.66. The molecule has 2 N–H and O–H groups in total. The van der Waals surface area contributed by atoms with E-state index in [1.807, 2.05) is 18.2 Å². The van der Waals surface area contributed by atoms with Gasteiger partial charge in [-0.1, -0.05) is 31.5 Å². The van der Waals surface area contributed by atoms with Crippen LogP contribution in [0.5, 0.6) is 0 Å². The first kappa shape index (κ1) is 13.0. The van der Waals surface area contributed by atoms with Crippen molar-refractivity contribution in [2.75, 3.05) is 0 Å². The van der Waals surface area contributed by atoms with Crippen LogP contribution in [0.3, 0.4) is 0 Å². The fourth-order valence-corrected chi connectivity index (χ4v) is 1.86. The van der Waals surface area contributed by atoms with E-state index in [0.29, 0.717) is 5.92 Å². The van der Waals surface area contributed by atoms with Crippen molar-refractivity contribution in [1.82, 2.24) is 0 Å². The van der Waals surface area contributed by atoms with Crippen LogP contribution in [0.1, 0.15) is 38.3 Å². The molecule has 0 saturated heterocycles. The molecule has 0 heterocycles. The Kier molecular flexibility index (Phi) is 5.10. The molecule has 0 aliphatic rings. The van der Waals surface area contributed by atoms with E-state index in [-0.39, 0.29) is 6.04 Å². The summed E-state index contributed by atoms with van der Waals surface area (Å²) in [5, 5.41) is 0.729. The number of hydrogen-bond donors (Lipinski definition) is 1. The molecule has 15 heavy (non-hydrogen) atoms. The highest BCUT2D eigenvalue weighted by molar-refractivity contribution is 9.10. The van der Waals surface area contributed by atoms with Gasteiger partial charge in [0.15, 0.2) is 0 Å². The van der Waals surface area contributed by atoms with E-state index in [0.717, 1.165) is 27.9 Å². The van der Waals surface area contributed by atoms with Gasteiger partial charge in [-0.25, -0.2) is 0 Å². The van der Waals surface area contributed by atoms with Crippen molar-refractivity contribution in [3.8, 4) is 0 Å². The summed E-state index contributed by atoms with van der Waals surface area (Å²) < 4.78 is 0.920. The fourth-order valence-electron chi connectivity index (χ4n) is 1.42. The minimum Gasteiger partial charge on any atom is -0.324 e. The molecule has 1 aromatic carbocycles. The number of halogens is 2. The Morgan fingerprint density at radius 2 is 2.00 bits per heavy atom. The molecule has 0 aliphatic carbocycles. The van der Waals surface area contributed by atoms with E-state index in [4.69, 9.17) is 17.3 Å². The second-order valence-electron chi connectivity index (χ2n) is 4.25. The zero-order valence-corrected chi connectivity index (χ0v) is 11.5. The van der Waals surface area contributed by atoms with Crippen LogP contribution in [-0.4, -0.2) is 0 Å². The van der Waals surface area contributed by atoms with Crippen molar-refractivity contribution in [2.24, 2.45) is 11.7 Å². The Hall–Kier alpha value is -0.0500. The maximum Gasteiger partial charge on any atom is 0.0551 e. The first-order valence-electron chi connectivity index (χ1n) is 5.21. The second-order valence-corrected chi connectivity index (χ2v) is 5.51. The molecule has 0 amide bonds. The standard InChI is InChI=1S/C12H17BrClN/c1-8(2)3-6-12(15)9-4-5-10(13)11(14)7-9/h4-5,7-8,12H,3,6,15H2,1-2H3. The minimum absolute atomic E-state index is 0.0954. The van der Waals surface area contributed by atoms with Gasteiger partial charge in [0.2, 0.25) is 0 Å².